The first-order chi connectivity index (χ1) is 32.9. The van der Waals surface area contributed by atoms with E-state index in [9.17, 15) is 0 Å². The van der Waals surface area contributed by atoms with Crippen LogP contribution in [-0.2, 0) is 10.8 Å². The molecule has 0 aromatic heterocycles. The molecule has 13 rings (SSSR count). The highest BCUT2D eigenvalue weighted by Crippen LogP contribution is 2.61. The Kier molecular flexibility index (Phi) is 8.67. The predicted molar refractivity (Wildman–Crippen MR) is 291 cm³/mol. The number of aryl methyl sites for hydroxylation is 6. The molecule has 0 spiro atoms. The molecular formula is C68H54. The van der Waals surface area contributed by atoms with Crippen molar-refractivity contribution in [3.05, 3.63) is 249 Å². The van der Waals surface area contributed by atoms with Crippen molar-refractivity contribution in [1.82, 2.24) is 0 Å². The fourth-order valence-electron chi connectivity index (χ4n) is 12.7. The molecule has 2 aliphatic rings. The lowest BCUT2D eigenvalue weighted by Crippen LogP contribution is -2.29. The van der Waals surface area contributed by atoms with Crippen molar-refractivity contribution in [3.63, 3.8) is 0 Å². The third-order valence-corrected chi connectivity index (χ3v) is 16.8. The van der Waals surface area contributed by atoms with E-state index in [1.807, 2.05) is 0 Å². The van der Waals surface area contributed by atoms with Crippen molar-refractivity contribution in [3.8, 4) is 44.5 Å². The zero-order valence-electron chi connectivity index (χ0n) is 40.3. The Morgan fingerprint density at radius 3 is 1.10 bits per heavy atom. The lowest BCUT2D eigenvalue weighted by molar-refractivity contribution is 0.660. The normalized spacial score (nSPS) is 14.1. The van der Waals surface area contributed by atoms with Gasteiger partial charge in [0.2, 0.25) is 0 Å². The van der Waals surface area contributed by atoms with Crippen LogP contribution in [0.15, 0.2) is 182 Å². The summed E-state index contributed by atoms with van der Waals surface area (Å²) in [4.78, 5) is 0. The summed E-state index contributed by atoms with van der Waals surface area (Å²) in [6, 6.07) is 70.5. The first kappa shape index (κ1) is 40.7. The van der Waals surface area contributed by atoms with Crippen LogP contribution in [0.1, 0.15) is 80.6 Å². The summed E-state index contributed by atoms with van der Waals surface area (Å²) in [6.45, 7) is 18.4. The van der Waals surface area contributed by atoms with Gasteiger partial charge in [0.05, 0.1) is 5.41 Å². The fraction of sp³-hybridized carbons (Fsp3) is 0.147. The lowest BCUT2D eigenvalue weighted by Gasteiger charge is -2.35. The monoisotopic (exact) mass is 870 g/mol. The van der Waals surface area contributed by atoms with E-state index in [2.05, 4.69) is 237 Å². The third-order valence-electron chi connectivity index (χ3n) is 16.8. The number of hydrogen-bond acceptors (Lipinski definition) is 0. The van der Waals surface area contributed by atoms with E-state index in [4.69, 9.17) is 0 Å². The van der Waals surface area contributed by atoms with Gasteiger partial charge < -0.3 is 0 Å². The molecule has 0 aliphatic heterocycles. The number of benzene rings is 11. The molecule has 68 heavy (non-hydrogen) atoms. The van der Waals surface area contributed by atoms with Gasteiger partial charge in [0.15, 0.2) is 0 Å². The van der Waals surface area contributed by atoms with E-state index in [-0.39, 0.29) is 5.41 Å². The molecule has 11 aromatic rings. The van der Waals surface area contributed by atoms with E-state index in [1.54, 1.807) is 0 Å². The summed E-state index contributed by atoms with van der Waals surface area (Å²) < 4.78 is 0. The van der Waals surface area contributed by atoms with Crippen LogP contribution in [0.25, 0.3) is 87.6 Å². The van der Waals surface area contributed by atoms with E-state index >= 15 is 0 Å². The summed E-state index contributed by atoms with van der Waals surface area (Å²) in [7, 11) is 0. The van der Waals surface area contributed by atoms with Gasteiger partial charge in [0.25, 0.3) is 0 Å². The maximum absolute atomic E-state index is 2.60. The highest BCUT2D eigenvalue weighted by atomic mass is 14.5. The van der Waals surface area contributed by atoms with Crippen molar-refractivity contribution < 1.29 is 0 Å². The van der Waals surface area contributed by atoms with Gasteiger partial charge in [-0.05, 0) is 221 Å². The number of fused-ring (bicyclic) bond motifs is 12. The fourth-order valence-corrected chi connectivity index (χ4v) is 12.7. The van der Waals surface area contributed by atoms with Crippen LogP contribution < -0.4 is 0 Å². The van der Waals surface area contributed by atoms with Crippen LogP contribution in [0.5, 0.6) is 0 Å². The van der Waals surface area contributed by atoms with Crippen LogP contribution in [0.2, 0.25) is 0 Å². The first-order valence-electron chi connectivity index (χ1n) is 24.4. The SMILES string of the molecule is Cc1ccc(C2(c3ccc(C)cc3)c3cc(-c4ccc5c(c4)c(C)c(C)c4ccccc45)ccc3-c3cc4c(cc32)-c2ccc(-c3ccc5c(c3)c(C)c(C)c3ccccc35)cc2C4(C)C)cc1. The predicted octanol–water partition coefficient (Wildman–Crippen LogP) is 18.2. The number of hydrogen-bond donors (Lipinski definition) is 0. The summed E-state index contributed by atoms with van der Waals surface area (Å²) in [5.74, 6) is 0. The highest BCUT2D eigenvalue weighted by Gasteiger charge is 2.48. The summed E-state index contributed by atoms with van der Waals surface area (Å²) in [5, 5.41) is 10.6. The molecule has 0 unspecified atom stereocenters. The molecule has 0 heterocycles. The second-order valence-electron chi connectivity index (χ2n) is 20.7. The molecule has 0 saturated heterocycles. The van der Waals surface area contributed by atoms with Crippen LogP contribution >= 0.6 is 0 Å². The zero-order valence-corrected chi connectivity index (χ0v) is 40.3. The van der Waals surface area contributed by atoms with Gasteiger partial charge in [0, 0.05) is 5.41 Å². The van der Waals surface area contributed by atoms with Crippen molar-refractivity contribution in [2.24, 2.45) is 0 Å². The molecule has 0 radical (unpaired) electrons. The molecule has 0 atom stereocenters. The quantitative estimate of drug-likeness (QED) is 0.155. The summed E-state index contributed by atoms with van der Waals surface area (Å²) in [5.41, 5.74) is 25.6. The van der Waals surface area contributed by atoms with Gasteiger partial charge in [-0.15, -0.1) is 0 Å². The van der Waals surface area contributed by atoms with Crippen LogP contribution in [0.3, 0.4) is 0 Å². The zero-order chi connectivity index (χ0) is 46.4. The van der Waals surface area contributed by atoms with Crippen molar-refractivity contribution in [2.75, 3.05) is 0 Å². The average molecular weight is 871 g/mol. The van der Waals surface area contributed by atoms with Crippen LogP contribution in [0.4, 0.5) is 0 Å². The Morgan fingerprint density at radius 1 is 0.265 bits per heavy atom. The number of rotatable bonds is 4. The first-order valence-corrected chi connectivity index (χ1v) is 24.4. The topological polar surface area (TPSA) is 0 Å². The standard InChI is InChI=1S/C68H54/c1-39-17-25-49(26-18-39)68(50-27-19-40(2)20-28-50)65-36-48(46-22-30-56-54-16-12-10-14-52(54)42(4)44(6)60(56)34-46)24-32-58(65)62-37-64-61(38-66(62)68)57-31-23-47(35-63(57)67(64,7)8)45-21-29-55-53-15-11-9-13-51(53)41(3)43(5)59(55)33-45/h9-38H,1-8H3. The summed E-state index contributed by atoms with van der Waals surface area (Å²) >= 11 is 0. The van der Waals surface area contributed by atoms with Crippen molar-refractivity contribution in [1.29, 1.82) is 0 Å². The van der Waals surface area contributed by atoms with E-state index < -0.39 is 5.41 Å². The minimum Gasteiger partial charge on any atom is -0.0616 e. The Morgan fingerprint density at radius 2 is 0.603 bits per heavy atom. The smallest absolute Gasteiger partial charge is 0.0616 e. The van der Waals surface area contributed by atoms with Crippen LogP contribution in [0, 0.1) is 41.5 Å². The molecule has 11 aromatic carbocycles. The molecule has 0 nitrogen and oxygen atoms in total. The molecule has 0 saturated carbocycles. The van der Waals surface area contributed by atoms with Gasteiger partial charge in [-0.1, -0.05) is 171 Å². The van der Waals surface area contributed by atoms with Gasteiger partial charge in [-0.2, -0.15) is 0 Å². The largest absolute Gasteiger partial charge is 0.0714 e. The minimum atomic E-state index is -0.547. The third kappa shape index (κ3) is 5.55. The molecule has 0 fully saturated rings. The lowest BCUT2D eigenvalue weighted by atomic mass is 9.66. The van der Waals surface area contributed by atoms with E-state index in [0.717, 1.165) is 0 Å². The maximum atomic E-state index is 2.60. The van der Waals surface area contributed by atoms with Gasteiger partial charge in [-0.3, -0.25) is 0 Å². The Hall–Kier alpha value is -7.54. The average Bonchev–Trinajstić information content (AvgIpc) is 3.78. The second-order valence-corrected chi connectivity index (χ2v) is 20.7. The summed E-state index contributed by atoms with van der Waals surface area (Å²) in [6.07, 6.45) is 0. The maximum Gasteiger partial charge on any atom is 0.0714 e. The molecular weight excluding hydrogens is 817 g/mol. The van der Waals surface area contributed by atoms with Crippen molar-refractivity contribution in [2.45, 2.75) is 66.2 Å². The molecule has 326 valence electrons. The molecule has 0 bridgehead atoms. The molecule has 0 N–H and O–H groups in total. The van der Waals surface area contributed by atoms with Gasteiger partial charge in [0.1, 0.15) is 0 Å². The Balaban J connectivity index is 1.02. The van der Waals surface area contributed by atoms with Gasteiger partial charge >= 0.3 is 0 Å². The second kappa shape index (κ2) is 14.5. The Bertz CT molecular complexity index is 3920. The van der Waals surface area contributed by atoms with E-state index in [1.165, 1.54) is 154 Å². The Labute approximate surface area is 400 Å². The highest BCUT2D eigenvalue weighted by molar-refractivity contribution is 6.13. The van der Waals surface area contributed by atoms with Crippen LogP contribution in [-0.4, -0.2) is 0 Å². The molecule has 2 aliphatic carbocycles. The van der Waals surface area contributed by atoms with Crippen molar-refractivity contribution >= 4 is 43.1 Å². The van der Waals surface area contributed by atoms with Gasteiger partial charge in [-0.25, -0.2) is 0 Å². The molecule has 0 heteroatoms. The molecule has 0 amide bonds. The minimum absolute atomic E-state index is 0.209. The van der Waals surface area contributed by atoms with E-state index in [0.29, 0.717) is 0 Å².